The second-order valence-corrected chi connectivity index (χ2v) is 5.48. The average molecular weight is 251 g/mol. The Morgan fingerprint density at radius 3 is 2.56 bits per heavy atom. The van der Waals surface area contributed by atoms with E-state index < -0.39 is 0 Å². The van der Waals surface area contributed by atoms with Crippen molar-refractivity contribution in [3.63, 3.8) is 0 Å². The van der Waals surface area contributed by atoms with Gasteiger partial charge in [-0.15, -0.1) is 0 Å². The summed E-state index contributed by atoms with van der Waals surface area (Å²) < 4.78 is 1.90. The minimum atomic E-state index is 0.389. The second kappa shape index (κ2) is 7.57. The summed E-state index contributed by atoms with van der Waals surface area (Å²) in [4.78, 5) is 0. The second-order valence-electron chi connectivity index (χ2n) is 5.48. The highest BCUT2D eigenvalue weighted by atomic mass is 15.3. The van der Waals surface area contributed by atoms with Gasteiger partial charge < -0.3 is 5.32 Å². The van der Waals surface area contributed by atoms with Gasteiger partial charge in [-0.3, -0.25) is 4.68 Å². The predicted octanol–water partition coefficient (Wildman–Crippen LogP) is 3.74. The molecule has 1 heterocycles. The van der Waals surface area contributed by atoms with Crippen LogP contribution in [0.5, 0.6) is 0 Å². The molecule has 2 unspecified atom stereocenters. The molecule has 104 valence electrons. The van der Waals surface area contributed by atoms with E-state index in [2.05, 4.69) is 44.3 Å². The van der Waals surface area contributed by atoms with Crippen molar-refractivity contribution in [1.29, 1.82) is 0 Å². The highest BCUT2D eigenvalue weighted by molar-refractivity contribution is 5.19. The van der Waals surface area contributed by atoms with Crippen molar-refractivity contribution in [1.82, 2.24) is 15.1 Å². The van der Waals surface area contributed by atoms with Crippen molar-refractivity contribution >= 4 is 0 Å². The number of aryl methyl sites for hydroxylation is 2. The van der Waals surface area contributed by atoms with Gasteiger partial charge in [-0.05, 0) is 27.2 Å². The standard InChI is InChI=1S/C15H29N3/c1-6-7-8-9-10-12(2)16-13(3)15-11-18(5)17-14(15)4/h11-13,16H,6-10H2,1-5H3. The van der Waals surface area contributed by atoms with Gasteiger partial charge in [-0.1, -0.05) is 32.6 Å². The van der Waals surface area contributed by atoms with E-state index in [4.69, 9.17) is 0 Å². The number of aromatic nitrogens is 2. The molecule has 1 aromatic heterocycles. The summed E-state index contributed by atoms with van der Waals surface area (Å²) in [6, 6.07) is 0.969. The first kappa shape index (κ1) is 15.2. The summed E-state index contributed by atoms with van der Waals surface area (Å²) in [6.45, 7) is 8.86. The van der Waals surface area contributed by atoms with Crippen LogP contribution in [0.2, 0.25) is 0 Å². The molecule has 0 saturated carbocycles. The maximum Gasteiger partial charge on any atom is 0.0641 e. The van der Waals surface area contributed by atoms with Crippen LogP contribution < -0.4 is 5.32 Å². The van der Waals surface area contributed by atoms with Crippen LogP contribution in [0, 0.1) is 6.92 Å². The quantitative estimate of drug-likeness (QED) is 0.713. The normalized spacial score (nSPS) is 14.7. The highest BCUT2D eigenvalue weighted by Crippen LogP contribution is 2.17. The largest absolute Gasteiger partial charge is 0.308 e. The van der Waals surface area contributed by atoms with Crippen molar-refractivity contribution in [3.05, 3.63) is 17.5 Å². The molecule has 1 rings (SSSR count). The third kappa shape index (κ3) is 4.81. The molecule has 1 N–H and O–H groups in total. The Morgan fingerprint density at radius 2 is 2.00 bits per heavy atom. The Balaban J connectivity index is 2.35. The van der Waals surface area contributed by atoms with Crippen LogP contribution in [0.15, 0.2) is 6.20 Å². The summed E-state index contributed by atoms with van der Waals surface area (Å²) in [5, 5.41) is 8.08. The number of hydrogen-bond acceptors (Lipinski definition) is 2. The third-order valence-electron chi connectivity index (χ3n) is 3.54. The van der Waals surface area contributed by atoms with Gasteiger partial charge in [0.1, 0.15) is 0 Å². The number of hydrogen-bond donors (Lipinski definition) is 1. The zero-order chi connectivity index (χ0) is 13.5. The number of rotatable bonds is 8. The fourth-order valence-corrected chi connectivity index (χ4v) is 2.52. The van der Waals surface area contributed by atoms with Gasteiger partial charge in [0.25, 0.3) is 0 Å². The zero-order valence-corrected chi connectivity index (χ0v) is 12.7. The van der Waals surface area contributed by atoms with Crippen molar-refractivity contribution < 1.29 is 0 Å². The minimum absolute atomic E-state index is 0.389. The molecule has 0 amide bonds. The molecule has 0 radical (unpaired) electrons. The first-order valence-corrected chi connectivity index (χ1v) is 7.30. The van der Waals surface area contributed by atoms with Gasteiger partial charge in [0.05, 0.1) is 5.69 Å². The van der Waals surface area contributed by atoms with Crippen molar-refractivity contribution in [3.8, 4) is 0 Å². The molecule has 3 nitrogen and oxygen atoms in total. The van der Waals surface area contributed by atoms with Crippen LogP contribution in [-0.4, -0.2) is 15.8 Å². The monoisotopic (exact) mass is 251 g/mol. The summed E-state index contributed by atoms with van der Waals surface area (Å²) in [6.07, 6.45) is 8.76. The lowest BCUT2D eigenvalue weighted by Gasteiger charge is -2.19. The molecule has 1 aromatic rings. The Labute approximate surface area is 112 Å². The summed E-state index contributed by atoms with van der Waals surface area (Å²) in [5.41, 5.74) is 2.45. The molecule has 3 heteroatoms. The molecule has 0 saturated heterocycles. The Hall–Kier alpha value is -0.830. The maximum absolute atomic E-state index is 4.40. The number of nitrogens with one attached hydrogen (secondary N) is 1. The van der Waals surface area contributed by atoms with Crippen molar-refractivity contribution in [2.24, 2.45) is 7.05 Å². The van der Waals surface area contributed by atoms with Gasteiger partial charge in [-0.25, -0.2) is 0 Å². The summed E-state index contributed by atoms with van der Waals surface area (Å²) >= 11 is 0. The van der Waals surface area contributed by atoms with E-state index in [9.17, 15) is 0 Å². The van der Waals surface area contributed by atoms with Gasteiger partial charge in [-0.2, -0.15) is 5.10 Å². The molecule has 0 aliphatic rings. The van der Waals surface area contributed by atoms with E-state index in [-0.39, 0.29) is 0 Å². The van der Waals surface area contributed by atoms with Crippen molar-refractivity contribution in [2.75, 3.05) is 0 Å². The molecular formula is C15H29N3. The van der Waals surface area contributed by atoms with Gasteiger partial charge in [0.15, 0.2) is 0 Å². The lowest BCUT2D eigenvalue weighted by Crippen LogP contribution is -2.29. The van der Waals surface area contributed by atoms with E-state index in [1.807, 2.05) is 11.7 Å². The van der Waals surface area contributed by atoms with E-state index >= 15 is 0 Å². The minimum Gasteiger partial charge on any atom is -0.308 e. The molecule has 0 bridgehead atoms. The molecule has 0 aliphatic carbocycles. The van der Waals surface area contributed by atoms with E-state index in [0.29, 0.717) is 12.1 Å². The molecule has 0 fully saturated rings. The van der Waals surface area contributed by atoms with Crippen LogP contribution in [0.4, 0.5) is 0 Å². The van der Waals surface area contributed by atoms with Crippen LogP contribution in [0.25, 0.3) is 0 Å². The summed E-state index contributed by atoms with van der Waals surface area (Å²) in [5.74, 6) is 0. The predicted molar refractivity (Wildman–Crippen MR) is 77.7 cm³/mol. The molecule has 0 spiro atoms. The Kier molecular flexibility index (Phi) is 6.41. The zero-order valence-electron chi connectivity index (χ0n) is 12.7. The van der Waals surface area contributed by atoms with E-state index in [1.54, 1.807) is 0 Å². The Morgan fingerprint density at radius 1 is 1.28 bits per heavy atom. The molecule has 18 heavy (non-hydrogen) atoms. The van der Waals surface area contributed by atoms with Crippen molar-refractivity contribution in [2.45, 2.75) is 71.9 Å². The average Bonchev–Trinajstić information content (AvgIpc) is 2.64. The topological polar surface area (TPSA) is 29.9 Å². The fraction of sp³-hybridized carbons (Fsp3) is 0.800. The first-order chi connectivity index (χ1) is 8.54. The third-order valence-corrected chi connectivity index (χ3v) is 3.54. The van der Waals surface area contributed by atoms with Gasteiger partial charge in [0, 0.05) is 30.9 Å². The van der Waals surface area contributed by atoms with E-state index in [1.165, 1.54) is 37.7 Å². The molecular weight excluding hydrogens is 222 g/mol. The van der Waals surface area contributed by atoms with Crippen LogP contribution >= 0.6 is 0 Å². The first-order valence-electron chi connectivity index (χ1n) is 7.30. The van der Waals surface area contributed by atoms with Gasteiger partial charge >= 0.3 is 0 Å². The molecule has 0 aliphatic heterocycles. The fourth-order valence-electron chi connectivity index (χ4n) is 2.52. The van der Waals surface area contributed by atoms with Gasteiger partial charge in [0.2, 0.25) is 0 Å². The van der Waals surface area contributed by atoms with Crippen LogP contribution in [-0.2, 0) is 7.05 Å². The smallest absolute Gasteiger partial charge is 0.0641 e. The highest BCUT2D eigenvalue weighted by Gasteiger charge is 2.13. The molecule has 0 aromatic carbocycles. The lowest BCUT2D eigenvalue weighted by atomic mass is 10.1. The van der Waals surface area contributed by atoms with Crippen LogP contribution in [0.1, 0.15) is 70.2 Å². The van der Waals surface area contributed by atoms with E-state index in [0.717, 1.165) is 5.69 Å². The summed E-state index contributed by atoms with van der Waals surface area (Å²) in [7, 11) is 1.98. The molecule has 2 atom stereocenters. The van der Waals surface area contributed by atoms with Crippen LogP contribution in [0.3, 0.4) is 0 Å². The Bertz CT molecular complexity index is 344. The SMILES string of the molecule is CCCCCCC(C)NC(C)c1cn(C)nc1C. The maximum atomic E-state index is 4.40. The number of unbranched alkanes of at least 4 members (excludes halogenated alkanes) is 3. The lowest BCUT2D eigenvalue weighted by molar-refractivity contribution is 0.437. The number of nitrogens with zero attached hydrogens (tertiary/aromatic N) is 2.